The SMILES string of the molecule is [CH3][Zn]([CH3])[CH3].[LiH]. The van der Waals surface area contributed by atoms with Crippen LogP contribution in [0.25, 0.3) is 0 Å². The molecule has 0 saturated heterocycles. The van der Waals surface area contributed by atoms with Crippen LogP contribution in [0.5, 0.6) is 0 Å². The van der Waals surface area contributed by atoms with Gasteiger partial charge < -0.3 is 0 Å². The summed E-state index contributed by atoms with van der Waals surface area (Å²) in [6, 6.07) is 0. The third-order valence-electron chi connectivity index (χ3n) is 0. The van der Waals surface area contributed by atoms with E-state index in [0.717, 1.165) is 0 Å². The van der Waals surface area contributed by atoms with Crippen LogP contribution in [0.3, 0.4) is 0 Å². The van der Waals surface area contributed by atoms with E-state index in [-0.39, 0.29) is 18.9 Å². The van der Waals surface area contributed by atoms with Gasteiger partial charge in [-0.2, -0.15) is 0 Å². The molecule has 0 spiro atoms. The van der Waals surface area contributed by atoms with E-state index in [9.17, 15) is 0 Å². The first kappa shape index (κ1) is 9.52. The zero-order valence-electron chi connectivity index (χ0n) is 3.71. The monoisotopic (exact) mass is 117 g/mol. The Morgan fingerprint density at radius 1 is 1.00 bits per heavy atom. The van der Waals surface area contributed by atoms with Gasteiger partial charge in [-0.1, -0.05) is 0 Å². The Labute approximate surface area is 51.4 Å². The van der Waals surface area contributed by atoms with Crippen molar-refractivity contribution in [2.75, 3.05) is 0 Å². The van der Waals surface area contributed by atoms with Gasteiger partial charge >= 0.3 is 51.4 Å². The molecule has 0 atom stereocenters. The Balaban J connectivity index is 0. The van der Waals surface area contributed by atoms with Crippen molar-refractivity contribution in [3.05, 3.63) is 0 Å². The summed E-state index contributed by atoms with van der Waals surface area (Å²) < 4.78 is 0. The molecule has 5 heavy (non-hydrogen) atoms. The Bertz CT molecular complexity index is 11.6. The molecule has 0 aliphatic heterocycles. The summed E-state index contributed by atoms with van der Waals surface area (Å²) in [4.78, 5) is 0. The van der Waals surface area contributed by atoms with E-state index < -0.39 is 16.0 Å². The Kier molecular flexibility index (Phi) is 9.94. The van der Waals surface area contributed by atoms with E-state index in [1.165, 1.54) is 0 Å². The predicted molar refractivity (Wildman–Crippen MR) is 24.7 cm³/mol. The summed E-state index contributed by atoms with van der Waals surface area (Å²) in [6.45, 7) is 0. The zero-order valence-corrected chi connectivity index (χ0v) is 6.67. The van der Waals surface area contributed by atoms with Crippen molar-refractivity contribution in [2.24, 2.45) is 0 Å². The fourth-order valence-corrected chi connectivity index (χ4v) is 0. The molecule has 0 aliphatic carbocycles. The molecule has 0 aromatic heterocycles. The predicted octanol–water partition coefficient (Wildman–Crippen LogP) is 1.10. The Morgan fingerprint density at radius 2 is 1.00 bits per heavy atom. The van der Waals surface area contributed by atoms with Gasteiger partial charge in [-0.05, 0) is 0 Å². The normalized spacial score (nSPS) is 5.40. The van der Waals surface area contributed by atoms with E-state index in [4.69, 9.17) is 0 Å². The summed E-state index contributed by atoms with van der Waals surface area (Å²) in [6.07, 6.45) is 0. The van der Waals surface area contributed by atoms with Crippen molar-refractivity contribution in [3.63, 3.8) is 0 Å². The molecule has 2 heteroatoms. The molecule has 0 aromatic carbocycles. The van der Waals surface area contributed by atoms with Gasteiger partial charge in [0.15, 0.2) is 0 Å². The van der Waals surface area contributed by atoms with Gasteiger partial charge in [0.1, 0.15) is 0 Å². The third kappa shape index (κ3) is 36.3. The van der Waals surface area contributed by atoms with Crippen molar-refractivity contribution in [3.8, 4) is 0 Å². The number of rotatable bonds is 0. The van der Waals surface area contributed by atoms with E-state index in [1.54, 1.807) is 0 Å². The van der Waals surface area contributed by atoms with Crippen LogP contribution in [-0.2, 0) is 16.0 Å². The van der Waals surface area contributed by atoms with Crippen LogP contribution in [0.1, 0.15) is 0 Å². The fourth-order valence-electron chi connectivity index (χ4n) is 0. The molecule has 0 N–H and O–H groups in total. The molecule has 0 fully saturated rings. The maximum absolute atomic E-state index is 2.38. The van der Waals surface area contributed by atoms with Crippen LogP contribution in [0, 0.1) is 0 Å². The van der Waals surface area contributed by atoms with E-state index in [2.05, 4.69) is 16.6 Å². The van der Waals surface area contributed by atoms with Gasteiger partial charge in [0.25, 0.3) is 0 Å². The van der Waals surface area contributed by atoms with Gasteiger partial charge in [0.05, 0.1) is 0 Å². The molecule has 0 rings (SSSR count). The molecule has 0 saturated carbocycles. The van der Waals surface area contributed by atoms with Crippen LogP contribution in [-0.4, -0.2) is 18.9 Å². The molecule has 0 aliphatic rings. The molecule has 0 amide bonds. The minimum atomic E-state index is -0.625. The van der Waals surface area contributed by atoms with Crippen molar-refractivity contribution in [2.45, 2.75) is 16.6 Å². The summed E-state index contributed by atoms with van der Waals surface area (Å²) in [5.41, 5.74) is 7.12. The van der Waals surface area contributed by atoms with Crippen LogP contribution in [0.4, 0.5) is 0 Å². The molecular formula is C3H10LiZn. The fraction of sp³-hybridized carbons (Fsp3) is 1.00. The molecule has 0 heterocycles. The molecule has 0 aromatic rings. The van der Waals surface area contributed by atoms with Crippen molar-refractivity contribution in [1.29, 1.82) is 0 Å². The molecule has 25 valence electrons. The van der Waals surface area contributed by atoms with E-state index in [1.807, 2.05) is 0 Å². The first-order valence-corrected chi connectivity index (χ1v) is 11.0. The molecule has 0 bridgehead atoms. The van der Waals surface area contributed by atoms with Crippen LogP contribution >= 0.6 is 0 Å². The average Bonchev–Trinajstić information content (AvgIpc) is 0.811. The number of hydrogen-bond acceptors (Lipinski definition) is 0. The molecular weight excluding hydrogens is 108 g/mol. The quantitative estimate of drug-likeness (QED) is 0.418. The first-order chi connectivity index (χ1) is 1.73. The zero-order chi connectivity index (χ0) is 3.58. The van der Waals surface area contributed by atoms with Gasteiger partial charge in [0.2, 0.25) is 0 Å². The van der Waals surface area contributed by atoms with Gasteiger partial charge in [-0.15, -0.1) is 0 Å². The van der Waals surface area contributed by atoms with Gasteiger partial charge in [-0.25, -0.2) is 0 Å². The third-order valence-corrected chi connectivity index (χ3v) is 0. The van der Waals surface area contributed by atoms with Crippen LogP contribution in [0.15, 0.2) is 0 Å². The maximum atomic E-state index is 2.38. The first-order valence-electron chi connectivity index (χ1n) is 2.12. The van der Waals surface area contributed by atoms with Crippen molar-refractivity contribution >= 4 is 18.9 Å². The molecule has 0 unspecified atom stereocenters. The summed E-state index contributed by atoms with van der Waals surface area (Å²) >= 11 is -0.625. The van der Waals surface area contributed by atoms with E-state index in [0.29, 0.717) is 0 Å². The molecule has 0 radical (unpaired) electrons. The topological polar surface area (TPSA) is 0 Å². The van der Waals surface area contributed by atoms with E-state index >= 15 is 0 Å². The molecule has 0 nitrogen and oxygen atoms in total. The minimum absolute atomic E-state index is 0. The Morgan fingerprint density at radius 3 is 1.00 bits per heavy atom. The second-order valence-corrected chi connectivity index (χ2v) is 11.0. The van der Waals surface area contributed by atoms with Crippen LogP contribution < -0.4 is 0 Å². The van der Waals surface area contributed by atoms with Crippen molar-refractivity contribution < 1.29 is 16.0 Å². The summed E-state index contributed by atoms with van der Waals surface area (Å²) in [7, 11) is 0. The standard InChI is InChI=1S/3CH3.Li.Zn.H/h3*1H3;;;. The summed E-state index contributed by atoms with van der Waals surface area (Å²) in [5.74, 6) is 0. The second-order valence-electron chi connectivity index (χ2n) is 2.12. The van der Waals surface area contributed by atoms with Crippen molar-refractivity contribution in [1.82, 2.24) is 0 Å². The second kappa shape index (κ2) is 5.22. The number of hydrogen-bond donors (Lipinski definition) is 0. The Hall–Kier alpha value is 1.22. The van der Waals surface area contributed by atoms with Gasteiger partial charge in [0, 0.05) is 0 Å². The van der Waals surface area contributed by atoms with Crippen LogP contribution in [0.2, 0.25) is 16.6 Å². The van der Waals surface area contributed by atoms with Gasteiger partial charge in [-0.3, -0.25) is 0 Å². The summed E-state index contributed by atoms with van der Waals surface area (Å²) in [5, 5.41) is 0. The average molecular weight is 118 g/mol.